The molecule has 9 heteroatoms. The van der Waals surface area contributed by atoms with Gasteiger partial charge in [0.25, 0.3) is 11.8 Å². The van der Waals surface area contributed by atoms with Crippen molar-refractivity contribution in [3.8, 4) is 22.5 Å². The Kier molecular flexibility index (Phi) is 8.60. The first kappa shape index (κ1) is 33.2. The Morgan fingerprint density at radius 2 is 1.67 bits per heavy atom. The molecule has 3 fully saturated rings. The smallest absolute Gasteiger partial charge is 0.311 e. The van der Waals surface area contributed by atoms with Crippen LogP contribution in [0, 0.1) is 29.0 Å². The molecule has 0 radical (unpaired) electrons. The number of rotatable bonds is 9. The summed E-state index contributed by atoms with van der Waals surface area (Å²) in [5, 5.41) is 6.63. The Labute approximate surface area is 281 Å². The van der Waals surface area contributed by atoms with E-state index in [0.717, 1.165) is 23.2 Å². The van der Waals surface area contributed by atoms with E-state index >= 15 is 0 Å². The number of hydrogen-bond donors (Lipinski definition) is 2. The van der Waals surface area contributed by atoms with E-state index in [1.165, 1.54) is 19.2 Å². The van der Waals surface area contributed by atoms with Gasteiger partial charge >= 0.3 is 5.97 Å². The molecule has 2 N–H and O–H groups in total. The van der Waals surface area contributed by atoms with E-state index < -0.39 is 11.5 Å². The molecule has 8 nitrogen and oxygen atoms in total. The van der Waals surface area contributed by atoms with Crippen LogP contribution < -0.4 is 15.5 Å². The van der Waals surface area contributed by atoms with Crippen LogP contribution in [0.4, 0.5) is 10.1 Å². The molecule has 0 unspecified atom stereocenters. The second-order valence-corrected chi connectivity index (χ2v) is 13.9. The van der Waals surface area contributed by atoms with Crippen LogP contribution in [-0.2, 0) is 9.53 Å². The molecule has 7 rings (SSSR count). The van der Waals surface area contributed by atoms with Gasteiger partial charge in [0.15, 0.2) is 0 Å². The third kappa shape index (κ3) is 5.33. The van der Waals surface area contributed by atoms with Crippen LogP contribution >= 0.6 is 0 Å². The molecule has 4 aromatic rings. The zero-order valence-electron chi connectivity index (χ0n) is 28.7. The monoisotopic (exact) mass is 653 g/mol. The number of anilines is 1. The molecule has 2 amide bonds. The Hall–Kier alpha value is -4.66. The number of ether oxygens (including phenoxy) is 1. The summed E-state index contributed by atoms with van der Waals surface area (Å²) in [6.45, 7) is 12.0. The van der Waals surface area contributed by atoms with Gasteiger partial charge in [-0.15, -0.1) is 0 Å². The van der Waals surface area contributed by atoms with Crippen molar-refractivity contribution in [2.75, 3.05) is 32.1 Å². The molecule has 0 spiro atoms. The lowest BCUT2D eigenvalue weighted by Gasteiger charge is -2.66. The van der Waals surface area contributed by atoms with Gasteiger partial charge < -0.3 is 24.7 Å². The van der Waals surface area contributed by atoms with Crippen molar-refractivity contribution in [3.63, 3.8) is 0 Å². The van der Waals surface area contributed by atoms with Crippen molar-refractivity contribution in [2.24, 2.45) is 23.2 Å². The van der Waals surface area contributed by atoms with Gasteiger partial charge in [-0.1, -0.05) is 26.0 Å². The fourth-order valence-electron chi connectivity index (χ4n) is 8.35. The van der Waals surface area contributed by atoms with Crippen LogP contribution in [0.15, 0.2) is 65.1 Å². The molecule has 3 aliphatic carbocycles. The average Bonchev–Trinajstić information content (AvgIpc) is 3.46. The maximum atomic E-state index is 14.1. The highest BCUT2D eigenvalue weighted by Gasteiger charge is 2.65. The highest BCUT2D eigenvalue weighted by atomic mass is 19.1. The fraction of sp³-hybridized carbons (Fsp3) is 0.410. The minimum atomic E-state index is -0.764. The van der Waals surface area contributed by atoms with E-state index in [2.05, 4.69) is 43.2 Å². The fourth-order valence-corrected chi connectivity index (χ4v) is 8.35. The number of furan rings is 1. The topological polar surface area (TPSA) is 101 Å². The largest absolute Gasteiger partial charge is 0.469 e. The van der Waals surface area contributed by atoms with E-state index in [0.29, 0.717) is 58.8 Å². The number of amides is 2. The molecule has 1 heterocycles. The van der Waals surface area contributed by atoms with Gasteiger partial charge in [0, 0.05) is 54.0 Å². The number of benzene rings is 3. The third-order valence-corrected chi connectivity index (χ3v) is 11.2. The number of carbonyl (C=O) groups excluding carboxylic acids is 3. The van der Waals surface area contributed by atoms with Gasteiger partial charge in [0.2, 0.25) is 0 Å². The summed E-state index contributed by atoms with van der Waals surface area (Å²) in [6.07, 6.45) is 1.64. The summed E-state index contributed by atoms with van der Waals surface area (Å²) >= 11 is 0. The number of esters is 1. The molecule has 3 aliphatic rings. The Bertz CT molecular complexity index is 1890. The van der Waals surface area contributed by atoms with Crippen LogP contribution in [0.25, 0.3) is 33.4 Å². The molecule has 2 bridgehead atoms. The van der Waals surface area contributed by atoms with Crippen LogP contribution in [-0.4, -0.2) is 50.6 Å². The van der Waals surface area contributed by atoms with E-state index in [1.807, 2.05) is 37.3 Å². The molecule has 3 saturated carbocycles. The van der Waals surface area contributed by atoms with Gasteiger partial charge in [-0.3, -0.25) is 14.4 Å². The number of nitrogens with zero attached hydrogens (tertiary/aromatic N) is 1. The van der Waals surface area contributed by atoms with E-state index in [9.17, 15) is 18.8 Å². The number of carbonyl (C=O) groups is 3. The molecule has 1 aromatic heterocycles. The lowest BCUT2D eigenvalue weighted by atomic mass is 9.41. The van der Waals surface area contributed by atoms with Crippen LogP contribution in [0.5, 0.6) is 0 Å². The number of hydrogen-bond acceptors (Lipinski definition) is 6. The maximum absolute atomic E-state index is 14.1. The lowest BCUT2D eigenvalue weighted by Crippen LogP contribution is -2.71. The zero-order chi connectivity index (χ0) is 34.5. The van der Waals surface area contributed by atoms with Gasteiger partial charge in [0.1, 0.15) is 17.2 Å². The second kappa shape index (κ2) is 12.4. The van der Waals surface area contributed by atoms with E-state index in [4.69, 9.17) is 9.15 Å². The summed E-state index contributed by atoms with van der Waals surface area (Å²) in [7, 11) is 2.97. The van der Waals surface area contributed by atoms with Gasteiger partial charge in [-0.05, 0) is 98.9 Å². The Balaban J connectivity index is 1.45. The van der Waals surface area contributed by atoms with Crippen molar-refractivity contribution in [2.45, 2.75) is 53.0 Å². The second-order valence-electron chi connectivity index (χ2n) is 13.9. The number of halogens is 1. The van der Waals surface area contributed by atoms with Gasteiger partial charge in [-0.25, -0.2) is 4.39 Å². The number of methoxy groups -OCH3 is 1. The molecule has 3 aromatic carbocycles. The minimum Gasteiger partial charge on any atom is -0.469 e. The Morgan fingerprint density at radius 1 is 0.958 bits per heavy atom. The average molecular weight is 654 g/mol. The van der Waals surface area contributed by atoms with E-state index in [1.54, 1.807) is 25.2 Å². The third-order valence-electron chi connectivity index (χ3n) is 11.2. The first-order valence-electron chi connectivity index (χ1n) is 16.7. The maximum Gasteiger partial charge on any atom is 0.311 e. The molecule has 4 atom stereocenters. The SMILES string of the molecule is CCN(CC)c1cc2oc(-c3ccc(F)cc3)c(C(=O)NC)c2cc1-c1cccc(C(=O)N[C@@]2(C)[C@@H](C(=O)OC)C[C@H]3C[C@@H]2C3(C)C)c1. The zero-order valence-corrected chi connectivity index (χ0v) is 28.7. The molecular weight excluding hydrogens is 609 g/mol. The normalized spacial score (nSPS) is 22.5. The summed E-state index contributed by atoms with van der Waals surface area (Å²) in [5.74, 6) is -0.788. The summed E-state index contributed by atoms with van der Waals surface area (Å²) in [4.78, 5) is 42.5. The molecule has 252 valence electrons. The van der Waals surface area contributed by atoms with Crippen LogP contribution in [0.1, 0.15) is 68.2 Å². The van der Waals surface area contributed by atoms with Crippen molar-refractivity contribution < 1.29 is 27.9 Å². The van der Waals surface area contributed by atoms with E-state index in [-0.39, 0.29) is 34.9 Å². The summed E-state index contributed by atoms with van der Waals surface area (Å²) in [5.41, 5.74) is 3.67. The van der Waals surface area contributed by atoms with Gasteiger partial charge in [-0.2, -0.15) is 0 Å². The minimum absolute atomic E-state index is 0.00231. The van der Waals surface area contributed by atoms with Crippen molar-refractivity contribution >= 4 is 34.4 Å². The van der Waals surface area contributed by atoms with Crippen molar-refractivity contribution in [1.82, 2.24) is 10.6 Å². The molecular formula is C39H44FN3O5. The van der Waals surface area contributed by atoms with Crippen molar-refractivity contribution in [1.29, 1.82) is 0 Å². The number of nitrogens with one attached hydrogen (secondary N) is 2. The molecule has 0 saturated heterocycles. The Morgan fingerprint density at radius 3 is 2.29 bits per heavy atom. The standard InChI is InChI=1S/C39H44FN3O5/c1-8-43(9-2)30-21-31-28(33(36(45)41-6)34(48-31)22-13-15-26(40)16-14-22)20-27(30)23-11-10-12-24(17-23)35(44)42-39(5)29(37(46)47-7)18-25-19-32(39)38(25,3)4/h10-17,20-21,25,29,32H,8-9,18-19H2,1-7H3,(H,41,45)(H,42,44)/t25-,29+,32+,39-/m0/s1. The van der Waals surface area contributed by atoms with Crippen LogP contribution in [0.2, 0.25) is 0 Å². The quantitative estimate of drug-likeness (QED) is 0.182. The summed E-state index contributed by atoms with van der Waals surface area (Å²) in [6, 6.07) is 17.2. The lowest BCUT2D eigenvalue weighted by molar-refractivity contribution is -0.179. The molecule has 48 heavy (non-hydrogen) atoms. The van der Waals surface area contributed by atoms with Crippen molar-refractivity contribution in [3.05, 3.63) is 77.6 Å². The first-order chi connectivity index (χ1) is 22.9. The summed E-state index contributed by atoms with van der Waals surface area (Å²) < 4.78 is 25.3. The predicted octanol–water partition coefficient (Wildman–Crippen LogP) is 7.46. The number of fused-ring (bicyclic) bond motifs is 3. The van der Waals surface area contributed by atoms with Crippen LogP contribution in [0.3, 0.4) is 0 Å². The predicted molar refractivity (Wildman–Crippen MR) is 185 cm³/mol. The molecule has 0 aliphatic heterocycles. The van der Waals surface area contributed by atoms with Gasteiger partial charge in [0.05, 0.1) is 24.1 Å². The highest BCUT2D eigenvalue weighted by molar-refractivity contribution is 6.13. The highest BCUT2D eigenvalue weighted by Crippen LogP contribution is 2.64. The first-order valence-corrected chi connectivity index (χ1v) is 16.7.